The Labute approximate surface area is 136 Å². The Morgan fingerprint density at radius 3 is 1.68 bits per heavy atom. The summed E-state index contributed by atoms with van der Waals surface area (Å²) in [5, 5.41) is 17.8. The predicted octanol–water partition coefficient (Wildman–Crippen LogP) is 4.24. The van der Waals surface area contributed by atoms with E-state index in [1.165, 1.54) is 57.8 Å². The maximum absolute atomic E-state index is 9.93. The van der Waals surface area contributed by atoms with Crippen molar-refractivity contribution in [2.24, 2.45) is 5.73 Å². The van der Waals surface area contributed by atoms with Crippen LogP contribution in [-0.4, -0.2) is 28.8 Å². The van der Waals surface area contributed by atoms with Gasteiger partial charge >= 0.3 is 5.97 Å². The van der Waals surface area contributed by atoms with Crippen molar-refractivity contribution >= 4 is 5.97 Å². The lowest BCUT2D eigenvalue weighted by atomic mass is 10.00. The number of nitrogens with two attached hydrogens (primary N) is 1. The van der Waals surface area contributed by atoms with Gasteiger partial charge in [-0.1, -0.05) is 64.2 Å². The number of hydrogen-bond acceptors (Lipinski definition) is 3. The molecule has 1 fully saturated rings. The molecule has 1 aliphatic carbocycles. The van der Waals surface area contributed by atoms with Crippen molar-refractivity contribution < 1.29 is 15.0 Å². The molecule has 1 saturated carbocycles. The summed E-state index contributed by atoms with van der Waals surface area (Å²) in [6.45, 7) is 0.666. The quantitative estimate of drug-likeness (QED) is 0.662. The molecule has 1 rings (SSSR count). The highest BCUT2D eigenvalue weighted by atomic mass is 16.4. The van der Waals surface area contributed by atoms with Crippen LogP contribution in [0.4, 0.5) is 0 Å². The number of aliphatic carboxylic acids is 1. The Kier molecular flexibility index (Phi) is 16.3. The van der Waals surface area contributed by atoms with Crippen LogP contribution in [0.3, 0.4) is 0 Å². The first-order valence-electron chi connectivity index (χ1n) is 9.26. The van der Waals surface area contributed by atoms with Gasteiger partial charge in [0.1, 0.15) is 0 Å². The van der Waals surface area contributed by atoms with Crippen molar-refractivity contribution in [2.75, 3.05) is 6.54 Å². The topological polar surface area (TPSA) is 83.6 Å². The zero-order valence-electron chi connectivity index (χ0n) is 14.3. The highest BCUT2D eigenvalue weighted by Crippen LogP contribution is 2.16. The minimum absolute atomic E-state index is 0.000531. The average Bonchev–Trinajstić information content (AvgIpc) is 2.48. The fraction of sp³-hybridized carbons (Fsp3) is 0.944. The fourth-order valence-corrected chi connectivity index (χ4v) is 2.74. The average molecular weight is 315 g/mol. The summed E-state index contributed by atoms with van der Waals surface area (Å²) in [7, 11) is 0. The van der Waals surface area contributed by atoms with Crippen LogP contribution in [0.1, 0.15) is 96.3 Å². The lowest BCUT2D eigenvalue weighted by molar-refractivity contribution is -0.137. The number of rotatable bonds is 5. The van der Waals surface area contributed by atoms with Gasteiger partial charge in [-0.05, 0) is 32.2 Å². The van der Waals surface area contributed by atoms with E-state index in [0.29, 0.717) is 6.54 Å². The minimum Gasteiger partial charge on any atom is -0.481 e. The van der Waals surface area contributed by atoms with Crippen molar-refractivity contribution in [3.63, 3.8) is 0 Å². The molecule has 1 aliphatic rings. The molecule has 0 saturated heterocycles. The molecule has 0 aromatic heterocycles. The molecule has 4 N–H and O–H groups in total. The van der Waals surface area contributed by atoms with Crippen molar-refractivity contribution in [3.05, 3.63) is 0 Å². The van der Waals surface area contributed by atoms with Gasteiger partial charge in [-0.25, -0.2) is 0 Å². The highest BCUT2D eigenvalue weighted by Gasteiger charge is 2.04. The molecular weight excluding hydrogens is 278 g/mol. The Bertz CT molecular complexity index is 234. The second-order valence-corrected chi connectivity index (χ2v) is 6.41. The van der Waals surface area contributed by atoms with E-state index in [-0.39, 0.29) is 12.5 Å². The summed E-state index contributed by atoms with van der Waals surface area (Å²) in [5.41, 5.74) is 5.20. The summed E-state index contributed by atoms with van der Waals surface area (Å²) < 4.78 is 0. The van der Waals surface area contributed by atoms with Crippen molar-refractivity contribution in [3.8, 4) is 0 Å². The lowest BCUT2D eigenvalue weighted by Crippen LogP contribution is -2.06. The third kappa shape index (κ3) is 17.4. The molecule has 0 aromatic carbocycles. The second kappa shape index (κ2) is 16.8. The third-order valence-electron chi connectivity index (χ3n) is 4.17. The Morgan fingerprint density at radius 2 is 1.27 bits per heavy atom. The molecule has 0 spiro atoms. The Hall–Kier alpha value is -0.610. The molecule has 0 aromatic rings. The number of hydrogen-bond donors (Lipinski definition) is 3. The normalized spacial score (nSPS) is 18.5. The van der Waals surface area contributed by atoms with Crippen LogP contribution in [0.5, 0.6) is 0 Å². The Morgan fingerprint density at radius 1 is 0.818 bits per heavy atom. The predicted molar refractivity (Wildman–Crippen MR) is 92.0 cm³/mol. The van der Waals surface area contributed by atoms with Crippen LogP contribution >= 0.6 is 0 Å². The number of aliphatic hydroxyl groups excluding tert-OH is 1. The molecule has 0 aliphatic heterocycles. The molecule has 0 amide bonds. The van der Waals surface area contributed by atoms with Gasteiger partial charge in [0.05, 0.1) is 6.10 Å². The summed E-state index contributed by atoms with van der Waals surface area (Å²) in [6.07, 6.45) is 17.1. The van der Waals surface area contributed by atoms with E-state index in [4.69, 9.17) is 10.8 Å². The van der Waals surface area contributed by atoms with E-state index in [9.17, 15) is 9.90 Å². The first-order chi connectivity index (χ1) is 10.7. The minimum atomic E-state index is -0.716. The summed E-state index contributed by atoms with van der Waals surface area (Å²) in [4.78, 5) is 9.93. The summed E-state index contributed by atoms with van der Waals surface area (Å²) in [6, 6.07) is 0. The highest BCUT2D eigenvalue weighted by molar-refractivity contribution is 5.66. The number of carboxylic acid groups (broad SMARTS) is 1. The van der Waals surface area contributed by atoms with Crippen LogP contribution in [0, 0.1) is 0 Å². The zero-order valence-corrected chi connectivity index (χ0v) is 14.3. The maximum atomic E-state index is 9.93. The Balaban J connectivity index is 0.000000433. The standard InChI is InChI=1S/C12H24O.C6H13NO2/c13-12-10-8-6-4-2-1-3-5-7-9-11-12;7-5-3-1-2-4-6(8)9/h12-13H,1-11H2;1-5,7H2,(H,8,9). The number of carboxylic acids is 1. The van der Waals surface area contributed by atoms with Crippen LogP contribution < -0.4 is 5.73 Å². The third-order valence-corrected chi connectivity index (χ3v) is 4.17. The van der Waals surface area contributed by atoms with Gasteiger partial charge < -0.3 is 15.9 Å². The number of aliphatic hydroxyl groups is 1. The van der Waals surface area contributed by atoms with E-state index < -0.39 is 5.97 Å². The van der Waals surface area contributed by atoms with Gasteiger partial charge in [-0.3, -0.25) is 4.79 Å². The summed E-state index contributed by atoms with van der Waals surface area (Å²) in [5.74, 6) is -0.716. The maximum Gasteiger partial charge on any atom is 0.303 e. The van der Waals surface area contributed by atoms with Crippen LogP contribution in [0.2, 0.25) is 0 Å². The summed E-state index contributed by atoms with van der Waals surface area (Å²) >= 11 is 0. The monoisotopic (exact) mass is 315 g/mol. The molecule has 4 nitrogen and oxygen atoms in total. The largest absolute Gasteiger partial charge is 0.481 e. The van der Waals surface area contributed by atoms with Gasteiger partial charge in [0, 0.05) is 6.42 Å². The first kappa shape index (κ1) is 21.4. The molecule has 0 bridgehead atoms. The molecule has 132 valence electrons. The van der Waals surface area contributed by atoms with Crippen molar-refractivity contribution in [1.29, 1.82) is 0 Å². The van der Waals surface area contributed by atoms with Crippen LogP contribution in [0.15, 0.2) is 0 Å². The van der Waals surface area contributed by atoms with E-state index in [0.717, 1.165) is 32.1 Å². The van der Waals surface area contributed by atoms with Crippen LogP contribution in [-0.2, 0) is 4.79 Å². The van der Waals surface area contributed by atoms with Crippen LogP contribution in [0.25, 0.3) is 0 Å². The van der Waals surface area contributed by atoms with E-state index in [2.05, 4.69) is 0 Å². The van der Waals surface area contributed by atoms with Gasteiger partial charge in [-0.15, -0.1) is 0 Å². The van der Waals surface area contributed by atoms with Crippen molar-refractivity contribution in [2.45, 2.75) is 102 Å². The number of carbonyl (C=O) groups is 1. The van der Waals surface area contributed by atoms with Gasteiger partial charge in [0.2, 0.25) is 0 Å². The lowest BCUT2D eigenvalue weighted by Gasteiger charge is -2.11. The molecule has 4 heteroatoms. The van der Waals surface area contributed by atoms with Crippen molar-refractivity contribution in [1.82, 2.24) is 0 Å². The molecule has 0 heterocycles. The van der Waals surface area contributed by atoms with Gasteiger partial charge in [0.15, 0.2) is 0 Å². The van der Waals surface area contributed by atoms with Gasteiger partial charge in [0.25, 0.3) is 0 Å². The SMILES string of the molecule is NCCCCCC(=O)O.OC1CCCCCCCCCCC1. The molecule has 22 heavy (non-hydrogen) atoms. The van der Waals surface area contributed by atoms with E-state index in [1.54, 1.807) is 0 Å². The fourth-order valence-electron chi connectivity index (χ4n) is 2.74. The molecule has 0 unspecified atom stereocenters. The van der Waals surface area contributed by atoms with E-state index in [1.807, 2.05) is 0 Å². The first-order valence-corrected chi connectivity index (χ1v) is 9.26. The van der Waals surface area contributed by atoms with Gasteiger partial charge in [-0.2, -0.15) is 0 Å². The second-order valence-electron chi connectivity index (χ2n) is 6.41. The smallest absolute Gasteiger partial charge is 0.303 e. The zero-order chi connectivity index (χ0) is 16.5. The van der Waals surface area contributed by atoms with E-state index >= 15 is 0 Å². The molecule has 0 atom stereocenters. The number of unbranched alkanes of at least 4 members (excludes halogenated alkanes) is 2. The molecular formula is C18H37NO3. The molecule has 0 radical (unpaired) electrons.